The first kappa shape index (κ1) is 16.8. The van der Waals surface area contributed by atoms with Gasteiger partial charge in [-0.05, 0) is 7.05 Å². The van der Waals surface area contributed by atoms with Gasteiger partial charge in [0.1, 0.15) is 0 Å². The van der Waals surface area contributed by atoms with E-state index >= 15 is 0 Å². The Bertz CT molecular complexity index is 534. The minimum Gasteiger partial charge on any atom is -0.394 e. The van der Waals surface area contributed by atoms with Crippen LogP contribution in [0.25, 0.3) is 0 Å². The summed E-state index contributed by atoms with van der Waals surface area (Å²) in [6.45, 7) is 2.36. The zero-order chi connectivity index (χ0) is 15.9. The molecule has 0 spiro atoms. The van der Waals surface area contributed by atoms with Crippen molar-refractivity contribution in [3.8, 4) is 0 Å². The molecule has 0 atom stereocenters. The minimum atomic E-state index is -0.735. The van der Waals surface area contributed by atoms with Gasteiger partial charge in [0.15, 0.2) is 5.13 Å². The first-order chi connectivity index (χ1) is 10.6. The van der Waals surface area contributed by atoms with E-state index in [1.54, 1.807) is 0 Å². The summed E-state index contributed by atoms with van der Waals surface area (Å²) in [5.74, 6) is -1.46. The highest BCUT2D eigenvalue weighted by molar-refractivity contribution is 7.16. The number of nitrogens with zero attached hydrogens (tertiary/aromatic N) is 2. The minimum absolute atomic E-state index is 0.0711. The molecular weight excluding hydrogens is 308 g/mol. The molecule has 0 saturated heterocycles. The van der Waals surface area contributed by atoms with E-state index < -0.39 is 11.8 Å². The maximum absolute atomic E-state index is 11.8. The molecule has 0 unspecified atom stereocenters. The Morgan fingerprint density at radius 2 is 2.23 bits per heavy atom. The van der Waals surface area contributed by atoms with Crippen LogP contribution in [0.5, 0.6) is 0 Å². The van der Waals surface area contributed by atoms with Crippen LogP contribution in [0.15, 0.2) is 0 Å². The van der Waals surface area contributed by atoms with Gasteiger partial charge < -0.3 is 20.1 Å². The van der Waals surface area contributed by atoms with Gasteiger partial charge in [-0.2, -0.15) is 0 Å². The average molecular weight is 328 g/mol. The molecule has 0 saturated carbocycles. The highest BCUT2D eigenvalue weighted by atomic mass is 32.1. The molecule has 0 aromatic carbocycles. The van der Waals surface area contributed by atoms with Crippen LogP contribution in [0, 0.1) is 0 Å². The van der Waals surface area contributed by atoms with E-state index in [1.807, 2.05) is 7.05 Å². The van der Waals surface area contributed by atoms with Crippen LogP contribution in [-0.4, -0.2) is 66.8 Å². The number of hydrogen-bond acceptors (Lipinski definition) is 7. The van der Waals surface area contributed by atoms with Gasteiger partial charge in [0, 0.05) is 30.9 Å². The number of aliphatic hydroxyl groups excluding tert-OH is 1. The van der Waals surface area contributed by atoms with Gasteiger partial charge >= 0.3 is 11.8 Å². The summed E-state index contributed by atoms with van der Waals surface area (Å²) >= 11 is 1.40. The van der Waals surface area contributed by atoms with Crippen LogP contribution in [0.2, 0.25) is 0 Å². The molecule has 1 aromatic rings. The fraction of sp³-hybridized carbons (Fsp3) is 0.615. The highest BCUT2D eigenvalue weighted by Crippen LogP contribution is 2.27. The second-order valence-electron chi connectivity index (χ2n) is 4.92. The summed E-state index contributed by atoms with van der Waals surface area (Å²) in [5.41, 5.74) is 0.996. The number of ether oxygens (including phenoxy) is 1. The second kappa shape index (κ2) is 8.18. The number of likely N-dealkylation sites (N-methyl/N-ethyl adjacent to an activating group) is 1. The zero-order valence-corrected chi connectivity index (χ0v) is 13.2. The lowest BCUT2D eigenvalue weighted by Gasteiger charge is -2.20. The number of anilines is 1. The Morgan fingerprint density at radius 3 is 3.00 bits per heavy atom. The van der Waals surface area contributed by atoms with Crippen molar-refractivity contribution in [2.75, 3.05) is 45.3 Å². The number of carbonyl (C=O) groups excluding carboxylic acids is 2. The summed E-state index contributed by atoms with van der Waals surface area (Å²) in [7, 11) is 2.03. The molecule has 3 N–H and O–H groups in total. The molecule has 0 bridgehead atoms. The van der Waals surface area contributed by atoms with Crippen molar-refractivity contribution in [3.63, 3.8) is 0 Å². The number of aromatic nitrogens is 1. The van der Waals surface area contributed by atoms with Gasteiger partial charge in [-0.25, -0.2) is 4.98 Å². The van der Waals surface area contributed by atoms with Crippen molar-refractivity contribution in [1.29, 1.82) is 0 Å². The van der Waals surface area contributed by atoms with Crippen molar-refractivity contribution in [2.45, 2.75) is 13.0 Å². The SMILES string of the molecule is CN1CCc2nc(NC(=O)C(=O)NCCOCCO)sc2C1. The monoisotopic (exact) mass is 328 g/mol. The third kappa shape index (κ3) is 4.73. The van der Waals surface area contributed by atoms with Gasteiger partial charge in [0.2, 0.25) is 0 Å². The van der Waals surface area contributed by atoms with Crippen LogP contribution in [-0.2, 0) is 27.3 Å². The van der Waals surface area contributed by atoms with E-state index in [-0.39, 0.29) is 26.4 Å². The van der Waals surface area contributed by atoms with Crippen LogP contribution in [0.4, 0.5) is 5.13 Å². The molecule has 0 aliphatic carbocycles. The molecule has 2 amide bonds. The summed E-state index contributed by atoms with van der Waals surface area (Å²) in [6, 6.07) is 0. The molecule has 1 aliphatic heterocycles. The Balaban J connectivity index is 1.78. The van der Waals surface area contributed by atoms with Gasteiger partial charge in [-0.15, -0.1) is 11.3 Å². The predicted molar refractivity (Wildman–Crippen MR) is 81.7 cm³/mol. The lowest BCUT2D eigenvalue weighted by molar-refractivity contribution is -0.136. The quantitative estimate of drug-likeness (QED) is 0.466. The van der Waals surface area contributed by atoms with Crippen LogP contribution < -0.4 is 10.6 Å². The molecular formula is C13H20N4O4S. The Labute approximate surface area is 132 Å². The van der Waals surface area contributed by atoms with Crippen molar-refractivity contribution < 1.29 is 19.4 Å². The predicted octanol–water partition coefficient (Wildman–Crippen LogP) is -0.805. The molecule has 2 heterocycles. The third-order valence-corrected chi connectivity index (χ3v) is 4.11. The molecule has 0 radical (unpaired) electrons. The number of nitrogens with one attached hydrogen (secondary N) is 2. The third-order valence-electron chi connectivity index (χ3n) is 3.12. The number of rotatable bonds is 6. The standard InChI is InChI=1S/C13H20N4O4S/c1-17-4-2-9-10(8-17)22-13(15-9)16-12(20)11(19)14-3-6-21-7-5-18/h18H,2-8H2,1H3,(H,14,19)(H,15,16,20). The molecule has 1 aliphatic rings. The van der Waals surface area contributed by atoms with Crippen LogP contribution in [0.1, 0.15) is 10.6 Å². The normalized spacial score (nSPS) is 14.5. The lowest BCUT2D eigenvalue weighted by Crippen LogP contribution is -2.37. The Hall–Kier alpha value is -1.55. The van der Waals surface area contributed by atoms with Crippen LogP contribution >= 0.6 is 11.3 Å². The molecule has 2 rings (SSSR count). The molecule has 0 fully saturated rings. The number of hydrogen-bond donors (Lipinski definition) is 3. The summed E-state index contributed by atoms with van der Waals surface area (Å²) in [6.07, 6.45) is 0.854. The summed E-state index contributed by atoms with van der Waals surface area (Å²) in [4.78, 5) is 31.0. The number of thiazole rings is 1. The van der Waals surface area contributed by atoms with E-state index in [0.29, 0.717) is 5.13 Å². The van der Waals surface area contributed by atoms with Crippen molar-refractivity contribution in [3.05, 3.63) is 10.6 Å². The largest absolute Gasteiger partial charge is 0.394 e. The van der Waals surface area contributed by atoms with Gasteiger partial charge in [0.25, 0.3) is 0 Å². The van der Waals surface area contributed by atoms with Crippen molar-refractivity contribution >= 4 is 28.3 Å². The van der Waals surface area contributed by atoms with E-state index in [9.17, 15) is 9.59 Å². The topological polar surface area (TPSA) is 104 Å². The molecule has 122 valence electrons. The lowest BCUT2D eigenvalue weighted by atomic mass is 10.2. The van der Waals surface area contributed by atoms with Gasteiger partial charge in [-0.3, -0.25) is 14.9 Å². The first-order valence-electron chi connectivity index (χ1n) is 7.05. The molecule has 1 aromatic heterocycles. The number of fused-ring (bicyclic) bond motifs is 1. The summed E-state index contributed by atoms with van der Waals surface area (Å²) in [5, 5.41) is 13.9. The van der Waals surface area contributed by atoms with Gasteiger partial charge in [-0.1, -0.05) is 0 Å². The van der Waals surface area contributed by atoms with Crippen molar-refractivity contribution in [2.24, 2.45) is 0 Å². The molecule has 22 heavy (non-hydrogen) atoms. The Kier molecular flexibility index (Phi) is 6.25. The number of amides is 2. The smallest absolute Gasteiger partial charge is 0.315 e. The van der Waals surface area contributed by atoms with Crippen molar-refractivity contribution in [1.82, 2.24) is 15.2 Å². The highest BCUT2D eigenvalue weighted by Gasteiger charge is 2.20. The van der Waals surface area contributed by atoms with E-state index in [0.717, 1.165) is 30.1 Å². The zero-order valence-electron chi connectivity index (χ0n) is 12.4. The fourth-order valence-corrected chi connectivity index (χ4v) is 3.10. The first-order valence-corrected chi connectivity index (χ1v) is 7.86. The maximum atomic E-state index is 11.8. The van der Waals surface area contributed by atoms with Crippen LogP contribution in [0.3, 0.4) is 0 Å². The number of carbonyl (C=O) groups is 2. The van der Waals surface area contributed by atoms with E-state index in [1.165, 1.54) is 11.3 Å². The second-order valence-corrected chi connectivity index (χ2v) is 6.01. The number of aliphatic hydroxyl groups is 1. The maximum Gasteiger partial charge on any atom is 0.315 e. The fourth-order valence-electron chi connectivity index (χ4n) is 2.01. The Morgan fingerprint density at radius 1 is 1.41 bits per heavy atom. The average Bonchev–Trinajstić information content (AvgIpc) is 2.88. The van der Waals surface area contributed by atoms with E-state index in [4.69, 9.17) is 9.84 Å². The summed E-state index contributed by atoms with van der Waals surface area (Å²) < 4.78 is 4.99. The van der Waals surface area contributed by atoms with E-state index in [2.05, 4.69) is 20.5 Å². The molecule has 8 nitrogen and oxygen atoms in total. The van der Waals surface area contributed by atoms with Gasteiger partial charge in [0.05, 0.1) is 25.5 Å². The molecule has 9 heteroatoms.